The van der Waals surface area contributed by atoms with Crippen molar-refractivity contribution in [3.63, 3.8) is 0 Å². The zero-order valence-electron chi connectivity index (χ0n) is 6.16. The molecule has 92 valence electrons. The molecule has 0 saturated heterocycles. The molecule has 0 aromatic carbocycles. The molecule has 12 heteroatoms. The van der Waals surface area contributed by atoms with E-state index in [1.54, 1.807) is 0 Å². The minimum Gasteiger partial charge on any atom is -0.188 e. The van der Waals surface area contributed by atoms with Crippen LogP contribution in [-0.2, 0) is 14.7 Å². The largest absolute Gasteiger partial charge is 0.442 e. The fourth-order valence-corrected chi connectivity index (χ4v) is 0.807. The van der Waals surface area contributed by atoms with Crippen LogP contribution in [0, 0.1) is 0 Å². The predicted octanol–water partition coefficient (Wildman–Crippen LogP) is 2.28. The summed E-state index contributed by atoms with van der Waals surface area (Å²) >= 11 is 3.58. The molecule has 0 spiro atoms. The summed E-state index contributed by atoms with van der Waals surface area (Å²) in [5.74, 6) is -6.40. The Morgan fingerprint density at radius 3 is 1.53 bits per heavy atom. The normalized spacial score (nSPS) is 15.5. The maximum atomic E-state index is 12.1. The van der Waals surface area contributed by atoms with Gasteiger partial charge in [-0.05, 0) is 11.6 Å². The summed E-state index contributed by atoms with van der Waals surface area (Å²) in [5.41, 5.74) is 0. The summed E-state index contributed by atoms with van der Waals surface area (Å²) in [7, 11) is -6.55. The van der Waals surface area contributed by atoms with E-state index in [1.165, 1.54) is 0 Å². The molecular weight excluding hydrogens is 285 g/mol. The molecular formula is C3ClF7O3S. The van der Waals surface area contributed by atoms with Crippen molar-refractivity contribution in [2.24, 2.45) is 0 Å². The maximum absolute atomic E-state index is 12.1. The van der Waals surface area contributed by atoms with E-state index in [-0.39, 0.29) is 0 Å². The molecule has 0 fully saturated rings. The minimum atomic E-state index is -6.55. The van der Waals surface area contributed by atoms with E-state index in [1.807, 2.05) is 4.18 Å². The van der Waals surface area contributed by atoms with Crippen LogP contribution in [0.25, 0.3) is 0 Å². The minimum absolute atomic E-state index is 1.87. The molecule has 0 radical (unpaired) electrons. The van der Waals surface area contributed by atoms with Gasteiger partial charge in [0.25, 0.3) is 0 Å². The van der Waals surface area contributed by atoms with Crippen molar-refractivity contribution < 1.29 is 42.8 Å². The fourth-order valence-electron chi connectivity index (χ4n) is 0.342. The van der Waals surface area contributed by atoms with E-state index in [0.29, 0.717) is 0 Å². The van der Waals surface area contributed by atoms with Gasteiger partial charge in [0.1, 0.15) is 0 Å². The van der Waals surface area contributed by atoms with E-state index >= 15 is 0 Å². The highest BCUT2D eigenvalue weighted by Gasteiger charge is 2.74. The monoisotopic (exact) mass is 284 g/mol. The zero-order chi connectivity index (χ0) is 12.7. The third kappa shape index (κ3) is 3.34. The number of rotatable bonds is 4. The highest BCUT2D eigenvalue weighted by atomic mass is 35.5. The van der Waals surface area contributed by atoms with E-state index in [9.17, 15) is 38.6 Å². The number of halogens is 8. The SMILES string of the molecule is O=S(=O)(F)OC(F)(F)C(F)(F)C(F)(F)Cl. The number of hydrogen-bond donors (Lipinski definition) is 0. The Morgan fingerprint density at radius 1 is 1.00 bits per heavy atom. The summed E-state index contributed by atoms with van der Waals surface area (Å²) < 4.78 is 104. The van der Waals surface area contributed by atoms with Crippen LogP contribution in [0.4, 0.5) is 30.2 Å². The Balaban J connectivity index is 5.21. The first-order chi connectivity index (χ1) is 6.21. The van der Waals surface area contributed by atoms with Gasteiger partial charge < -0.3 is 0 Å². The summed E-state index contributed by atoms with van der Waals surface area (Å²) in [6.07, 6.45) is -6.31. The highest BCUT2D eigenvalue weighted by molar-refractivity contribution is 7.81. The molecule has 0 N–H and O–H groups in total. The van der Waals surface area contributed by atoms with Gasteiger partial charge >= 0.3 is 27.9 Å². The van der Waals surface area contributed by atoms with E-state index < -0.39 is 27.9 Å². The van der Waals surface area contributed by atoms with Crippen molar-refractivity contribution in [1.82, 2.24) is 0 Å². The summed E-state index contributed by atoms with van der Waals surface area (Å²) in [4.78, 5) is 0. The van der Waals surface area contributed by atoms with Crippen LogP contribution in [0.3, 0.4) is 0 Å². The molecule has 0 aromatic heterocycles. The van der Waals surface area contributed by atoms with Gasteiger partial charge in [0.2, 0.25) is 0 Å². The van der Waals surface area contributed by atoms with E-state index in [0.717, 1.165) is 0 Å². The van der Waals surface area contributed by atoms with Crippen LogP contribution in [-0.4, -0.2) is 25.8 Å². The van der Waals surface area contributed by atoms with Gasteiger partial charge in [0.05, 0.1) is 0 Å². The van der Waals surface area contributed by atoms with Crippen molar-refractivity contribution in [3.8, 4) is 0 Å². The first-order valence-corrected chi connectivity index (χ1v) is 4.37. The van der Waals surface area contributed by atoms with Gasteiger partial charge in [-0.2, -0.15) is 38.9 Å². The summed E-state index contributed by atoms with van der Waals surface area (Å²) in [6.45, 7) is 0. The number of hydrogen-bond acceptors (Lipinski definition) is 3. The molecule has 0 heterocycles. The van der Waals surface area contributed by atoms with Gasteiger partial charge in [0, 0.05) is 0 Å². The highest BCUT2D eigenvalue weighted by Crippen LogP contribution is 2.48. The third-order valence-corrected chi connectivity index (χ3v) is 1.57. The standard InChI is InChI=1S/C3ClF7O3S/c4-2(7,8)1(5,6)3(9,10)14-15(11,12)13. The first kappa shape index (κ1) is 14.7. The average molecular weight is 285 g/mol. The molecule has 0 saturated carbocycles. The molecule has 15 heavy (non-hydrogen) atoms. The second-order valence-electron chi connectivity index (χ2n) is 2.07. The smallest absolute Gasteiger partial charge is 0.188 e. The Morgan fingerprint density at radius 2 is 1.33 bits per heavy atom. The lowest BCUT2D eigenvalue weighted by Gasteiger charge is -2.26. The molecule has 0 aromatic rings. The second-order valence-corrected chi connectivity index (χ2v) is 3.49. The van der Waals surface area contributed by atoms with Gasteiger partial charge in [-0.25, -0.2) is 0 Å². The van der Waals surface area contributed by atoms with Crippen molar-refractivity contribution >= 4 is 22.1 Å². The van der Waals surface area contributed by atoms with Crippen molar-refractivity contribution in [3.05, 3.63) is 0 Å². The van der Waals surface area contributed by atoms with Crippen LogP contribution in [0.1, 0.15) is 0 Å². The molecule has 0 amide bonds. The molecule has 0 bridgehead atoms. The zero-order valence-corrected chi connectivity index (χ0v) is 7.73. The van der Waals surface area contributed by atoms with E-state index in [4.69, 9.17) is 0 Å². The van der Waals surface area contributed by atoms with E-state index in [2.05, 4.69) is 11.6 Å². The van der Waals surface area contributed by atoms with Crippen molar-refractivity contribution in [2.75, 3.05) is 0 Å². The molecule has 0 aliphatic rings. The predicted molar refractivity (Wildman–Crippen MR) is 31.8 cm³/mol. The van der Waals surface area contributed by atoms with Crippen molar-refractivity contribution in [2.45, 2.75) is 17.4 Å². The molecule has 0 atom stereocenters. The van der Waals surface area contributed by atoms with Crippen molar-refractivity contribution in [1.29, 1.82) is 0 Å². The maximum Gasteiger partial charge on any atom is 0.442 e. The quantitative estimate of drug-likeness (QED) is 0.452. The lowest BCUT2D eigenvalue weighted by atomic mass is 10.3. The Bertz CT molecular complexity index is 332. The molecule has 0 aliphatic heterocycles. The van der Waals surface area contributed by atoms with Crippen LogP contribution < -0.4 is 0 Å². The van der Waals surface area contributed by atoms with Crippen LogP contribution in [0.15, 0.2) is 0 Å². The Kier molecular flexibility index (Phi) is 3.56. The van der Waals surface area contributed by atoms with Gasteiger partial charge in [-0.3, -0.25) is 0 Å². The van der Waals surface area contributed by atoms with Gasteiger partial charge in [-0.15, -0.1) is 0 Å². The molecule has 0 aliphatic carbocycles. The van der Waals surface area contributed by atoms with Crippen LogP contribution in [0.2, 0.25) is 0 Å². The second kappa shape index (κ2) is 3.63. The van der Waals surface area contributed by atoms with Gasteiger partial charge in [0.15, 0.2) is 0 Å². The third-order valence-electron chi connectivity index (χ3n) is 0.926. The fraction of sp³-hybridized carbons (Fsp3) is 1.00. The first-order valence-electron chi connectivity index (χ1n) is 2.68. The molecule has 3 nitrogen and oxygen atoms in total. The number of alkyl halides is 7. The summed E-state index contributed by atoms with van der Waals surface area (Å²) in [5, 5.41) is -5.82. The van der Waals surface area contributed by atoms with Crippen LogP contribution in [0.5, 0.6) is 0 Å². The lowest BCUT2D eigenvalue weighted by Crippen LogP contribution is -2.53. The average Bonchev–Trinajstić information content (AvgIpc) is 1.77. The Hall–Kier alpha value is -0.290. The Labute approximate surface area is 83.2 Å². The topological polar surface area (TPSA) is 43.4 Å². The summed E-state index contributed by atoms with van der Waals surface area (Å²) in [6, 6.07) is 0. The molecule has 0 unspecified atom stereocenters. The van der Waals surface area contributed by atoms with Gasteiger partial charge in [-0.1, -0.05) is 3.89 Å². The molecule has 0 rings (SSSR count). The van der Waals surface area contributed by atoms with Crippen LogP contribution >= 0.6 is 11.6 Å². The lowest BCUT2D eigenvalue weighted by molar-refractivity contribution is -0.352.